The lowest BCUT2D eigenvalue weighted by atomic mass is 10.0. The van der Waals surface area contributed by atoms with Crippen molar-refractivity contribution in [3.05, 3.63) is 23.9 Å². The van der Waals surface area contributed by atoms with Crippen LogP contribution >= 0.6 is 0 Å². The van der Waals surface area contributed by atoms with Crippen LogP contribution in [0.15, 0.2) is 18.3 Å². The smallest absolute Gasteiger partial charge is 0.125 e. The van der Waals surface area contributed by atoms with E-state index in [1.165, 1.54) is 5.56 Å². The molecule has 1 saturated heterocycles. The van der Waals surface area contributed by atoms with E-state index in [1.807, 2.05) is 19.3 Å². The van der Waals surface area contributed by atoms with Crippen LogP contribution < -0.4 is 5.32 Å². The predicted octanol–water partition coefficient (Wildman–Crippen LogP) is 1.64. The van der Waals surface area contributed by atoms with Gasteiger partial charge < -0.3 is 10.4 Å². The number of piperidine rings is 1. The molecule has 1 aromatic heterocycles. The lowest BCUT2D eigenvalue weighted by Crippen LogP contribution is -2.37. The maximum absolute atomic E-state index is 9.50. The molecule has 2 rings (SSSR count). The quantitative estimate of drug-likeness (QED) is 0.836. The summed E-state index contributed by atoms with van der Waals surface area (Å²) in [5, 5.41) is 12.5. The summed E-state index contributed by atoms with van der Waals surface area (Å²) in [7, 11) is 1.87. The van der Waals surface area contributed by atoms with Crippen molar-refractivity contribution < 1.29 is 5.11 Å². The number of rotatable bonds is 3. The summed E-state index contributed by atoms with van der Waals surface area (Å²) in [6, 6.07) is 4.50. The van der Waals surface area contributed by atoms with Crippen molar-refractivity contribution in [1.82, 2.24) is 9.88 Å². The maximum atomic E-state index is 9.50. The number of anilines is 1. The van der Waals surface area contributed by atoms with Gasteiger partial charge in [0, 0.05) is 32.4 Å². The Morgan fingerprint density at radius 1 is 1.41 bits per heavy atom. The molecule has 1 atom stereocenters. The first kappa shape index (κ1) is 12.3. The van der Waals surface area contributed by atoms with Crippen LogP contribution in [0.5, 0.6) is 0 Å². The van der Waals surface area contributed by atoms with Gasteiger partial charge in [0.25, 0.3) is 0 Å². The molecular formula is C13H21N3O. The minimum Gasteiger partial charge on any atom is -0.393 e. The minimum absolute atomic E-state index is 0.108. The van der Waals surface area contributed by atoms with Gasteiger partial charge in [-0.15, -0.1) is 0 Å². The van der Waals surface area contributed by atoms with Crippen LogP contribution in [0.4, 0.5) is 5.82 Å². The zero-order chi connectivity index (χ0) is 12.3. The Kier molecular flexibility index (Phi) is 3.97. The summed E-state index contributed by atoms with van der Waals surface area (Å²) in [6.45, 7) is 4.14. The van der Waals surface area contributed by atoms with Gasteiger partial charge in [-0.2, -0.15) is 0 Å². The van der Waals surface area contributed by atoms with E-state index in [-0.39, 0.29) is 6.10 Å². The number of aliphatic hydroxyl groups is 1. The van der Waals surface area contributed by atoms with E-state index in [1.54, 1.807) is 0 Å². The molecule has 0 spiro atoms. The third-order valence-electron chi connectivity index (χ3n) is 3.57. The molecule has 2 N–H and O–H groups in total. The van der Waals surface area contributed by atoms with Crippen molar-refractivity contribution in [2.24, 2.45) is 0 Å². The predicted molar refractivity (Wildman–Crippen MR) is 69.0 cm³/mol. The Morgan fingerprint density at radius 3 is 2.65 bits per heavy atom. The number of likely N-dealkylation sites (tertiary alicyclic amines) is 1. The molecule has 4 nitrogen and oxygen atoms in total. The van der Waals surface area contributed by atoms with Gasteiger partial charge in [-0.05, 0) is 31.4 Å². The summed E-state index contributed by atoms with van der Waals surface area (Å²) >= 11 is 0. The van der Waals surface area contributed by atoms with Gasteiger partial charge in [-0.3, -0.25) is 4.90 Å². The van der Waals surface area contributed by atoms with Crippen molar-refractivity contribution in [3.8, 4) is 0 Å². The lowest BCUT2D eigenvalue weighted by molar-refractivity contribution is 0.0644. The van der Waals surface area contributed by atoms with Crippen molar-refractivity contribution in [1.29, 1.82) is 0 Å². The number of aliphatic hydroxyl groups excluding tert-OH is 1. The van der Waals surface area contributed by atoms with Gasteiger partial charge in [0.2, 0.25) is 0 Å². The lowest BCUT2D eigenvalue weighted by Gasteiger charge is -2.34. The van der Waals surface area contributed by atoms with Gasteiger partial charge >= 0.3 is 0 Å². The second-order valence-corrected chi connectivity index (χ2v) is 4.67. The summed E-state index contributed by atoms with van der Waals surface area (Å²) < 4.78 is 0. The SMILES string of the molecule is CNc1ccc(C(C)N2CCC(O)CC2)cn1. The highest BCUT2D eigenvalue weighted by atomic mass is 16.3. The first-order chi connectivity index (χ1) is 8.20. The van der Waals surface area contributed by atoms with Crippen LogP contribution in [-0.2, 0) is 0 Å². The summed E-state index contributed by atoms with van der Waals surface area (Å²) in [5.41, 5.74) is 1.24. The van der Waals surface area contributed by atoms with E-state index in [2.05, 4.69) is 28.2 Å². The molecule has 1 aliphatic rings. The molecule has 1 unspecified atom stereocenters. The topological polar surface area (TPSA) is 48.4 Å². The highest BCUT2D eigenvalue weighted by Gasteiger charge is 2.22. The van der Waals surface area contributed by atoms with E-state index in [9.17, 15) is 5.11 Å². The molecule has 0 bridgehead atoms. The first-order valence-corrected chi connectivity index (χ1v) is 6.26. The molecule has 0 radical (unpaired) electrons. The van der Waals surface area contributed by atoms with Crippen molar-refractivity contribution in [3.63, 3.8) is 0 Å². The Labute approximate surface area is 103 Å². The molecular weight excluding hydrogens is 214 g/mol. The number of hydrogen-bond acceptors (Lipinski definition) is 4. The van der Waals surface area contributed by atoms with Crippen LogP contribution in [0, 0.1) is 0 Å². The van der Waals surface area contributed by atoms with Crippen molar-refractivity contribution in [2.45, 2.75) is 31.9 Å². The number of pyridine rings is 1. The van der Waals surface area contributed by atoms with Gasteiger partial charge in [-0.1, -0.05) is 6.07 Å². The number of nitrogens with zero attached hydrogens (tertiary/aromatic N) is 2. The third-order valence-corrected chi connectivity index (χ3v) is 3.57. The average Bonchev–Trinajstić information content (AvgIpc) is 2.39. The molecule has 0 aromatic carbocycles. The number of hydrogen-bond donors (Lipinski definition) is 2. The average molecular weight is 235 g/mol. The second-order valence-electron chi connectivity index (χ2n) is 4.67. The van der Waals surface area contributed by atoms with Crippen LogP contribution in [0.3, 0.4) is 0 Å². The fourth-order valence-electron chi connectivity index (χ4n) is 2.28. The number of nitrogens with one attached hydrogen (secondary N) is 1. The molecule has 1 aromatic rings. The van der Waals surface area contributed by atoms with Crippen LogP contribution in [0.1, 0.15) is 31.4 Å². The highest BCUT2D eigenvalue weighted by molar-refractivity contribution is 5.35. The maximum Gasteiger partial charge on any atom is 0.125 e. The van der Waals surface area contributed by atoms with Crippen LogP contribution in [-0.4, -0.2) is 41.2 Å². The van der Waals surface area contributed by atoms with E-state index >= 15 is 0 Å². The first-order valence-electron chi connectivity index (χ1n) is 6.26. The van der Waals surface area contributed by atoms with E-state index in [0.717, 1.165) is 31.7 Å². The molecule has 1 fully saturated rings. The van der Waals surface area contributed by atoms with Crippen LogP contribution in [0.25, 0.3) is 0 Å². The molecule has 2 heterocycles. The standard InChI is InChI=1S/C13H21N3O/c1-10(16-7-5-12(17)6-8-16)11-3-4-13(14-2)15-9-11/h3-4,9-10,12,17H,5-8H2,1-2H3,(H,14,15). The molecule has 94 valence electrons. The third kappa shape index (κ3) is 2.96. The molecule has 4 heteroatoms. The minimum atomic E-state index is -0.108. The Bertz CT molecular complexity index is 344. The number of aromatic nitrogens is 1. The monoisotopic (exact) mass is 235 g/mol. The largest absolute Gasteiger partial charge is 0.393 e. The molecule has 0 amide bonds. The zero-order valence-corrected chi connectivity index (χ0v) is 10.6. The summed E-state index contributed by atoms with van der Waals surface area (Å²) in [6.07, 6.45) is 3.59. The van der Waals surface area contributed by atoms with Gasteiger partial charge in [-0.25, -0.2) is 4.98 Å². The summed E-state index contributed by atoms with van der Waals surface area (Å²) in [4.78, 5) is 6.75. The molecule has 17 heavy (non-hydrogen) atoms. The Hall–Kier alpha value is -1.13. The van der Waals surface area contributed by atoms with E-state index in [0.29, 0.717) is 6.04 Å². The van der Waals surface area contributed by atoms with Gasteiger partial charge in [0.1, 0.15) is 5.82 Å². The van der Waals surface area contributed by atoms with Gasteiger partial charge in [0.15, 0.2) is 0 Å². The zero-order valence-electron chi connectivity index (χ0n) is 10.6. The Balaban J connectivity index is 2.00. The molecule has 0 saturated carbocycles. The fraction of sp³-hybridized carbons (Fsp3) is 0.615. The van der Waals surface area contributed by atoms with E-state index < -0.39 is 0 Å². The van der Waals surface area contributed by atoms with E-state index in [4.69, 9.17) is 0 Å². The normalized spacial score (nSPS) is 20.2. The van der Waals surface area contributed by atoms with Crippen LogP contribution in [0.2, 0.25) is 0 Å². The molecule has 1 aliphatic heterocycles. The van der Waals surface area contributed by atoms with Crippen molar-refractivity contribution >= 4 is 5.82 Å². The molecule has 0 aliphatic carbocycles. The van der Waals surface area contributed by atoms with Crippen molar-refractivity contribution in [2.75, 3.05) is 25.5 Å². The fourth-order valence-corrected chi connectivity index (χ4v) is 2.28. The van der Waals surface area contributed by atoms with Gasteiger partial charge in [0.05, 0.1) is 6.10 Å². The summed E-state index contributed by atoms with van der Waals surface area (Å²) in [5.74, 6) is 0.898. The Morgan fingerprint density at radius 2 is 2.12 bits per heavy atom. The second kappa shape index (κ2) is 5.47. The highest BCUT2D eigenvalue weighted by Crippen LogP contribution is 2.24.